The maximum atomic E-state index is 13.1. The quantitative estimate of drug-likeness (QED) is 0.399. The molecule has 0 N–H and O–H groups in total. The minimum absolute atomic E-state index is 0.115. The van der Waals surface area contributed by atoms with Crippen LogP contribution in [0.25, 0.3) is 5.57 Å². The summed E-state index contributed by atoms with van der Waals surface area (Å²) in [6.45, 7) is 1.78. The highest BCUT2D eigenvalue weighted by Gasteiger charge is 2.67. The number of benzene rings is 2. The number of Topliss-reactive ketones (excluding diaryl/α,β-unsaturated/α-hetero) is 1. The number of esters is 1. The van der Waals surface area contributed by atoms with Crippen molar-refractivity contribution in [2.24, 2.45) is 11.3 Å². The van der Waals surface area contributed by atoms with Gasteiger partial charge >= 0.3 is 5.97 Å². The van der Waals surface area contributed by atoms with Crippen LogP contribution in [-0.4, -0.2) is 18.4 Å². The Balaban J connectivity index is 2.19. The average Bonchev–Trinajstić information content (AvgIpc) is 3.48. The van der Waals surface area contributed by atoms with E-state index < -0.39 is 17.3 Å². The number of nitriles is 2. The van der Waals surface area contributed by atoms with Gasteiger partial charge in [-0.2, -0.15) is 10.5 Å². The molecule has 2 aromatic rings. The lowest BCUT2D eigenvalue weighted by atomic mass is 9.83. The van der Waals surface area contributed by atoms with Gasteiger partial charge in [0, 0.05) is 22.1 Å². The second-order valence-electron chi connectivity index (χ2n) is 6.66. The number of halogens is 1. The third-order valence-electron chi connectivity index (χ3n) is 5.01. The fourth-order valence-electron chi connectivity index (χ4n) is 3.65. The van der Waals surface area contributed by atoms with Gasteiger partial charge in [-0.1, -0.05) is 54.1 Å². The van der Waals surface area contributed by atoms with Gasteiger partial charge < -0.3 is 4.74 Å². The highest BCUT2D eigenvalue weighted by Crippen LogP contribution is 2.63. The van der Waals surface area contributed by atoms with E-state index in [0.29, 0.717) is 16.1 Å². The van der Waals surface area contributed by atoms with Gasteiger partial charge in [0.15, 0.2) is 5.78 Å². The standard InChI is InChI=1S/C23H17ClN2O3/c1-2-29-22(28)23(12-19(23)21(27)15-7-4-3-5-8-15)20(17(13-25)14-26)16-9-6-10-18(24)11-16/h3-11,19H,2,12H2,1H3/t19-,23+/m0/s1. The molecule has 0 amide bonds. The Kier molecular flexibility index (Phi) is 5.82. The van der Waals surface area contributed by atoms with Gasteiger partial charge in [-0.25, -0.2) is 0 Å². The first-order valence-electron chi connectivity index (χ1n) is 9.07. The summed E-state index contributed by atoms with van der Waals surface area (Å²) < 4.78 is 5.28. The molecule has 5 nitrogen and oxygen atoms in total. The normalized spacial score (nSPS) is 19.4. The van der Waals surface area contributed by atoms with Crippen LogP contribution in [0.4, 0.5) is 0 Å². The summed E-state index contributed by atoms with van der Waals surface area (Å²) in [5.41, 5.74) is -0.521. The van der Waals surface area contributed by atoms with Crippen molar-refractivity contribution in [1.29, 1.82) is 10.5 Å². The zero-order valence-corrected chi connectivity index (χ0v) is 16.4. The highest BCUT2D eigenvalue weighted by molar-refractivity contribution is 6.30. The van der Waals surface area contributed by atoms with Crippen molar-refractivity contribution in [2.45, 2.75) is 13.3 Å². The van der Waals surface area contributed by atoms with E-state index in [1.807, 2.05) is 12.1 Å². The van der Waals surface area contributed by atoms with E-state index in [1.165, 1.54) is 0 Å². The number of carbonyl (C=O) groups excluding carboxylic acids is 2. The van der Waals surface area contributed by atoms with E-state index in [2.05, 4.69) is 0 Å². The van der Waals surface area contributed by atoms with Crippen LogP contribution in [0.15, 0.2) is 60.2 Å². The van der Waals surface area contributed by atoms with Crippen LogP contribution in [0.3, 0.4) is 0 Å². The molecule has 1 saturated carbocycles. The van der Waals surface area contributed by atoms with Crippen LogP contribution in [0.1, 0.15) is 29.3 Å². The first-order valence-corrected chi connectivity index (χ1v) is 9.44. The molecule has 0 bridgehead atoms. The monoisotopic (exact) mass is 404 g/mol. The fourth-order valence-corrected chi connectivity index (χ4v) is 3.84. The Hall–Kier alpha value is -3.41. The molecule has 0 radical (unpaired) electrons. The van der Waals surface area contributed by atoms with Crippen LogP contribution in [0.5, 0.6) is 0 Å². The molecular weight excluding hydrogens is 388 g/mol. The van der Waals surface area contributed by atoms with Gasteiger partial charge in [-0.05, 0) is 31.0 Å². The van der Waals surface area contributed by atoms with E-state index in [4.69, 9.17) is 16.3 Å². The molecule has 2 atom stereocenters. The third kappa shape index (κ3) is 3.66. The van der Waals surface area contributed by atoms with Crippen molar-refractivity contribution in [3.8, 4) is 12.1 Å². The molecule has 0 aliphatic heterocycles. The Labute approximate surface area is 173 Å². The lowest BCUT2D eigenvalue weighted by Gasteiger charge is -2.20. The van der Waals surface area contributed by atoms with Crippen LogP contribution in [0, 0.1) is 34.0 Å². The fraction of sp³-hybridized carbons (Fsp3) is 0.217. The Bertz CT molecular complexity index is 1060. The van der Waals surface area contributed by atoms with Crippen LogP contribution < -0.4 is 0 Å². The topological polar surface area (TPSA) is 90.9 Å². The predicted molar refractivity (Wildman–Crippen MR) is 108 cm³/mol. The zero-order valence-electron chi connectivity index (χ0n) is 15.7. The zero-order chi connectivity index (χ0) is 21.0. The van der Waals surface area contributed by atoms with Crippen molar-refractivity contribution in [3.63, 3.8) is 0 Å². The lowest BCUT2D eigenvalue weighted by Crippen LogP contribution is -2.26. The minimum atomic E-state index is -1.39. The summed E-state index contributed by atoms with van der Waals surface area (Å²) in [6.07, 6.45) is 0.161. The SMILES string of the molecule is CCOC(=O)[C@]1(C(=C(C#N)C#N)c2cccc(Cl)c2)C[C@H]1C(=O)c1ccccc1. The van der Waals surface area contributed by atoms with Crippen molar-refractivity contribution in [1.82, 2.24) is 0 Å². The molecule has 144 valence electrons. The van der Waals surface area contributed by atoms with Gasteiger partial charge in [0.1, 0.15) is 23.1 Å². The molecule has 1 aliphatic rings. The smallest absolute Gasteiger partial charge is 0.317 e. The van der Waals surface area contributed by atoms with Gasteiger partial charge in [0.25, 0.3) is 0 Å². The molecule has 3 rings (SSSR count). The Morgan fingerprint density at radius 3 is 2.34 bits per heavy atom. The Morgan fingerprint density at radius 2 is 1.76 bits per heavy atom. The highest BCUT2D eigenvalue weighted by atomic mass is 35.5. The first-order chi connectivity index (χ1) is 14.0. The summed E-state index contributed by atoms with van der Waals surface area (Å²) in [4.78, 5) is 26.2. The number of rotatable bonds is 6. The number of ether oxygens (including phenoxy) is 1. The van der Waals surface area contributed by atoms with Gasteiger partial charge in [-0.3, -0.25) is 9.59 Å². The molecule has 6 heteroatoms. The average molecular weight is 405 g/mol. The maximum Gasteiger partial charge on any atom is 0.317 e. The molecule has 2 aromatic carbocycles. The van der Waals surface area contributed by atoms with Crippen molar-refractivity contribution < 1.29 is 14.3 Å². The molecule has 29 heavy (non-hydrogen) atoms. The number of hydrogen-bond donors (Lipinski definition) is 0. The number of nitrogens with zero attached hydrogens (tertiary/aromatic N) is 2. The largest absolute Gasteiger partial charge is 0.465 e. The van der Waals surface area contributed by atoms with E-state index in [-0.39, 0.29) is 30.0 Å². The van der Waals surface area contributed by atoms with E-state index in [9.17, 15) is 20.1 Å². The van der Waals surface area contributed by atoms with Crippen molar-refractivity contribution in [3.05, 3.63) is 76.3 Å². The minimum Gasteiger partial charge on any atom is -0.465 e. The number of hydrogen-bond acceptors (Lipinski definition) is 5. The molecule has 0 heterocycles. The summed E-state index contributed by atoms with van der Waals surface area (Å²) in [5, 5.41) is 19.5. The number of allylic oxidation sites excluding steroid dienone is 1. The predicted octanol–water partition coefficient (Wildman–Crippen LogP) is 4.59. The molecule has 0 unspecified atom stereocenters. The van der Waals surface area contributed by atoms with Crippen LogP contribution >= 0.6 is 11.6 Å². The summed E-state index contributed by atoms with van der Waals surface area (Å²) in [6, 6.07) is 18.9. The van der Waals surface area contributed by atoms with Crippen LogP contribution in [0.2, 0.25) is 5.02 Å². The van der Waals surface area contributed by atoms with Crippen LogP contribution in [-0.2, 0) is 9.53 Å². The lowest BCUT2D eigenvalue weighted by molar-refractivity contribution is -0.147. The molecule has 1 aliphatic carbocycles. The van der Waals surface area contributed by atoms with E-state index >= 15 is 0 Å². The molecule has 1 fully saturated rings. The molecule has 0 aromatic heterocycles. The second-order valence-corrected chi connectivity index (χ2v) is 7.10. The van der Waals surface area contributed by atoms with E-state index in [1.54, 1.807) is 61.5 Å². The molecular formula is C23H17ClN2O3. The molecule has 0 spiro atoms. The number of carbonyl (C=O) groups is 2. The maximum absolute atomic E-state index is 13.1. The second kappa shape index (κ2) is 8.31. The number of ketones is 1. The van der Waals surface area contributed by atoms with Gasteiger partial charge in [0.05, 0.1) is 6.61 Å². The third-order valence-corrected chi connectivity index (χ3v) is 5.24. The van der Waals surface area contributed by atoms with Crippen molar-refractivity contribution >= 4 is 28.9 Å². The van der Waals surface area contributed by atoms with Gasteiger partial charge in [-0.15, -0.1) is 0 Å². The summed E-state index contributed by atoms with van der Waals surface area (Å²) in [5.74, 6) is -1.57. The van der Waals surface area contributed by atoms with Gasteiger partial charge in [0.2, 0.25) is 0 Å². The van der Waals surface area contributed by atoms with E-state index in [0.717, 1.165) is 0 Å². The summed E-state index contributed by atoms with van der Waals surface area (Å²) >= 11 is 6.11. The Morgan fingerprint density at radius 1 is 1.10 bits per heavy atom. The molecule has 0 saturated heterocycles. The first kappa shape index (κ1) is 20.3. The summed E-state index contributed by atoms with van der Waals surface area (Å²) in [7, 11) is 0. The van der Waals surface area contributed by atoms with Crippen molar-refractivity contribution in [2.75, 3.05) is 6.61 Å².